The molecule has 158 valence electrons. The van der Waals surface area contributed by atoms with E-state index in [1.54, 1.807) is 10.8 Å². The smallest absolute Gasteiger partial charge is 0.273 e. The maximum absolute atomic E-state index is 13.2. The molecule has 0 spiro atoms. The van der Waals surface area contributed by atoms with E-state index in [9.17, 15) is 4.79 Å². The van der Waals surface area contributed by atoms with Crippen LogP contribution < -0.4 is 10.5 Å². The summed E-state index contributed by atoms with van der Waals surface area (Å²) in [6, 6.07) is 16.3. The number of hydrogen-bond acceptors (Lipinski definition) is 5. The zero-order valence-electron chi connectivity index (χ0n) is 17.5. The van der Waals surface area contributed by atoms with Crippen molar-refractivity contribution in [1.29, 1.82) is 0 Å². The molecule has 4 aromatic rings. The van der Waals surface area contributed by atoms with Gasteiger partial charge in [-0.15, -0.1) is 11.3 Å². The number of aromatic nitrogens is 2. The first-order chi connectivity index (χ1) is 15.0. The van der Waals surface area contributed by atoms with Crippen LogP contribution in [-0.4, -0.2) is 47.7 Å². The van der Waals surface area contributed by atoms with Gasteiger partial charge < -0.3 is 9.80 Å². The van der Waals surface area contributed by atoms with Crippen molar-refractivity contribution in [2.24, 2.45) is 0 Å². The van der Waals surface area contributed by atoms with Gasteiger partial charge in [-0.3, -0.25) is 9.36 Å². The predicted molar refractivity (Wildman–Crippen MR) is 130 cm³/mol. The Kier molecular flexibility index (Phi) is 5.30. The van der Waals surface area contributed by atoms with Crippen molar-refractivity contribution in [1.82, 2.24) is 14.5 Å². The second kappa shape index (κ2) is 8.11. The lowest BCUT2D eigenvalue weighted by Crippen LogP contribution is -2.31. The van der Waals surface area contributed by atoms with Crippen molar-refractivity contribution in [3.05, 3.63) is 76.3 Å². The summed E-state index contributed by atoms with van der Waals surface area (Å²) in [6.07, 6.45) is 4.76. The summed E-state index contributed by atoms with van der Waals surface area (Å²) in [6.45, 7) is 1.98. The van der Waals surface area contributed by atoms with Gasteiger partial charge in [0.05, 0.1) is 11.9 Å². The number of halogens is 1. The molecule has 0 amide bonds. The van der Waals surface area contributed by atoms with Crippen molar-refractivity contribution in [2.45, 2.75) is 12.5 Å². The van der Waals surface area contributed by atoms with Gasteiger partial charge in [0.15, 0.2) is 0 Å². The van der Waals surface area contributed by atoms with Crippen LogP contribution in [0.25, 0.3) is 26.2 Å². The molecule has 0 bridgehead atoms. The first kappa shape index (κ1) is 20.2. The molecule has 1 saturated heterocycles. The second-order valence-electron chi connectivity index (χ2n) is 8.12. The Balaban J connectivity index is 1.44. The molecule has 5 rings (SSSR count). The number of hydrogen-bond donors (Lipinski definition) is 0. The summed E-state index contributed by atoms with van der Waals surface area (Å²) in [7, 11) is 4.24. The van der Waals surface area contributed by atoms with Crippen LogP contribution in [0.4, 0.5) is 5.82 Å². The molecule has 1 atom stereocenters. The molecule has 1 aliphatic rings. The third kappa shape index (κ3) is 3.87. The maximum atomic E-state index is 13.2. The Morgan fingerprint density at radius 1 is 1.13 bits per heavy atom. The molecule has 3 aromatic heterocycles. The number of nitrogens with zero attached hydrogens (tertiary/aromatic N) is 4. The summed E-state index contributed by atoms with van der Waals surface area (Å²) in [4.78, 5) is 23.5. The van der Waals surface area contributed by atoms with E-state index < -0.39 is 0 Å². The van der Waals surface area contributed by atoms with Crippen molar-refractivity contribution >= 4 is 38.8 Å². The number of fused-ring (bicyclic) bond motifs is 1. The van der Waals surface area contributed by atoms with E-state index in [0.717, 1.165) is 51.5 Å². The molecule has 1 aromatic carbocycles. The van der Waals surface area contributed by atoms with Gasteiger partial charge in [0, 0.05) is 40.6 Å². The zero-order chi connectivity index (χ0) is 21.5. The average molecular weight is 451 g/mol. The third-order valence-corrected chi connectivity index (χ3v) is 7.37. The molecule has 1 aliphatic heterocycles. The van der Waals surface area contributed by atoms with E-state index >= 15 is 0 Å². The van der Waals surface area contributed by atoms with Crippen molar-refractivity contribution in [2.75, 3.05) is 32.1 Å². The number of pyridine rings is 2. The minimum atomic E-state index is -0.0221. The Hall–Kier alpha value is -2.67. The van der Waals surface area contributed by atoms with E-state index in [0.29, 0.717) is 11.1 Å². The minimum Gasteiger partial charge on any atom is -0.355 e. The Morgan fingerprint density at radius 2 is 1.94 bits per heavy atom. The number of thiophene rings is 1. The molecule has 7 heteroatoms. The van der Waals surface area contributed by atoms with E-state index in [4.69, 9.17) is 11.6 Å². The highest BCUT2D eigenvalue weighted by molar-refractivity contribution is 7.22. The van der Waals surface area contributed by atoms with Gasteiger partial charge in [-0.25, -0.2) is 4.98 Å². The number of benzene rings is 1. The quantitative estimate of drug-likeness (QED) is 0.443. The minimum absolute atomic E-state index is 0.0221. The van der Waals surface area contributed by atoms with E-state index in [2.05, 4.69) is 34.9 Å². The predicted octanol–water partition coefficient (Wildman–Crippen LogP) is 4.91. The second-order valence-corrected chi connectivity index (χ2v) is 9.61. The van der Waals surface area contributed by atoms with Crippen LogP contribution in [0.1, 0.15) is 6.42 Å². The molecule has 5 nitrogen and oxygen atoms in total. The fourth-order valence-corrected chi connectivity index (χ4v) is 5.28. The monoisotopic (exact) mass is 450 g/mol. The summed E-state index contributed by atoms with van der Waals surface area (Å²) in [5, 5.41) is 1.65. The van der Waals surface area contributed by atoms with Gasteiger partial charge in [-0.1, -0.05) is 23.7 Å². The summed E-state index contributed by atoms with van der Waals surface area (Å²) < 4.78 is 2.42. The fraction of sp³-hybridized carbons (Fsp3) is 0.250. The molecule has 0 aliphatic carbocycles. The highest BCUT2D eigenvalue weighted by atomic mass is 35.5. The van der Waals surface area contributed by atoms with Crippen molar-refractivity contribution in [3.63, 3.8) is 0 Å². The lowest BCUT2D eigenvalue weighted by atomic mass is 10.2. The van der Waals surface area contributed by atoms with Gasteiger partial charge in [-0.05, 0) is 62.5 Å². The van der Waals surface area contributed by atoms with Crippen LogP contribution in [-0.2, 0) is 0 Å². The van der Waals surface area contributed by atoms with Crippen LogP contribution >= 0.6 is 22.9 Å². The number of likely N-dealkylation sites (N-methyl/N-ethyl adjacent to an activating group) is 1. The molecule has 0 unspecified atom stereocenters. The summed E-state index contributed by atoms with van der Waals surface area (Å²) >= 11 is 7.51. The van der Waals surface area contributed by atoms with Crippen LogP contribution in [0.15, 0.2) is 65.7 Å². The molecule has 4 heterocycles. The van der Waals surface area contributed by atoms with Crippen LogP contribution in [0, 0.1) is 0 Å². The average Bonchev–Trinajstić information content (AvgIpc) is 3.43. The molecule has 0 saturated carbocycles. The SMILES string of the molecule is CN(C)[C@@H]1CCN(c2ccc(-n3ccc4cc(-c5ccc(Cl)cc5)sc4c3=O)cn2)C1. The van der Waals surface area contributed by atoms with Gasteiger partial charge in [-0.2, -0.15) is 0 Å². The number of anilines is 1. The first-order valence-electron chi connectivity index (χ1n) is 10.3. The summed E-state index contributed by atoms with van der Waals surface area (Å²) in [5.74, 6) is 0.961. The number of rotatable bonds is 4. The zero-order valence-corrected chi connectivity index (χ0v) is 19.0. The maximum Gasteiger partial charge on any atom is 0.273 e. The van der Waals surface area contributed by atoms with Crippen LogP contribution in [0.3, 0.4) is 0 Å². The molecule has 31 heavy (non-hydrogen) atoms. The lowest BCUT2D eigenvalue weighted by molar-refractivity contribution is 0.315. The molecule has 0 radical (unpaired) electrons. The topological polar surface area (TPSA) is 41.4 Å². The van der Waals surface area contributed by atoms with Gasteiger partial charge in [0.25, 0.3) is 5.56 Å². The highest BCUT2D eigenvalue weighted by Gasteiger charge is 2.24. The van der Waals surface area contributed by atoms with E-state index in [1.807, 2.05) is 48.7 Å². The molecule has 1 fully saturated rings. The Bertz CT molecular complexity index is 1280. The van der Waals surface area contributed by atoms with Crippen molar-refractivity contribution in [3.8, 4) is 16.1 Å². The van der Waals surface area contributed by atoms with Crippen LogP contribution in [0.5, 0.6) is 0 Å². The van der Waals surface area contributed by atoms with Gasteiger partial charge in [0.1, 0.15) is 10.5 Å². The van der Waals surface area contributed by atoms with Crippen LogP contribution in [0.2, 0.25) is 5.02 Å². The summed E-state index contributed by atoms with van der Waals surface area (Å²) in [5.41, 5.74) is 1.82. The fourth-order valence-electron chi connectivity index (χ4n) is 4.07. The first-order valence-corrected chi connectivity index (χ1v) is 11.5. The molecule has 0 N–H and O–H groups in total. The standard InChI is InChI=1S/C24H23ClN4OS/c1-27(2)20-10-11-28(15-20)22-8-7-19(14-26-22)29-12-9-17-13-21(31-23(17)24(29)30)16-3-5-18(25)6-4-16/h3-9,12-14,20H,10-11,15H2,1-2H3/t20-/m1/s1. The van der Waals surface area contributed by atoms with Crippen molar-refractivity contribution < 1.29 is 0 Å². The van der Waals surface area contributed by atoms with Gasteiger partial charge >= 0.3 is 0 Å². The van der Waals surface area contributed by atoms with Gasteiger partial charge in [0.2, 0.25) is 0 Å². The molecular weight excluding hydrogens is 428 g/mol. The third-order valence-electron chi connectivity index (χ3n) is 5.93. The Labute approximate surface area is 190 Å². The largest absolute Gasteiger partial charge is 0.355 e. The van der Waals surface area contributed by atoms with E-state index in [-0.39, 0.29) is 5.56 Å². The lowest BCUT2D eigenvalue weighted by Gasteiger charge is -2.21. The molecular formula is C24H23ClN4OS. The normalized spacial score (nSPS) is 16.5. The Morgan fingerprint density at radius 3 is 2.61 bits per heavy atom. The highest BCUT2D eigenvalue weighted by Crippen LogP contribution is 2.32. The van der Waals surface area contributed by atoms with E-state index in [1.165, 1.54) is 11.3 Å².